The van der Waals surface area contributed by atoms with Gasteiger partial charge in [-0.2, -0.15) is 0 Å². The Morgan fingerprint density at radius 2 is 2.05 bits per heavy atom. The van der Waals surface area contributed by atoms with Crippen molar-refractivity contribution in [1.82, 2.24) is 0 Å². The van der Waals surface area contributed by atoms with Crippen LogP contribution in [0.5, 0.6) is 5.75 Å². The largest absolute Gasteiger partial charge is 0.493 e. The monoisotopic (exact) mass is 399 g/mol. The van der Waals surface area contributed by atoms with Crippen LogP contribution < -0.4 is 10.5 Å². The van der Waals surface area contributed by atoms with E-state index in [9.17, 15) is 0 Å². The van der Waals surface area contributed by atoms with Crippen LogP contribution in [0.4, 0.5) is 0 Å². The van der Waals surface area contributed by atoms with Crippen LogP contribution in [0, 0.1) is 3.57 Å². The first-order valence-electron chi connectivity index (χ1n) is 6.61. The highest BCUT2D eigenvalue weighted by molar-refractivity contribution is 14.1. The number of hydrogen-bond donors (Lipinski definition) is 1. The minimum Gasteiger partial charge on any atom is -0.493 e. The van der Waals surface area contributed by atoms with E-state index in [1.54, 1.807) is 0 Å². The lowest BCUT2D eigenvalue weighted by Gasteiger charge is -2.20. The molecule has 0 fully saturated rings. The maximum atomic E-state index is 6.41. The predicted molar refractivity (Wildman–Crippen MR) is 90.5 cm³/mol. The third kappa shape index (κ3) is 2.80. The van der Waals surface area contributed by atoms with Gasteiger partial charge in [0.05, 0.1) is 12.6 Å². The minimum atomic E-state index is -0.159. The van der Waals surface area contributed by atoms with Crippen molar-refractivity contribution < 1.29 is 4.74 Å². The van der Waals surface area contributed by atoms with E-state index in [2.05, 4.69) is 28.7 Å². The normalized spacial score (nSPS) is 15.3. The van der Waals surface area contributed by atoms with Crippen molar-refractivity contribution in [3.8, 4) is 5.75 Å². The number of fused-ring (bicyclic) bond motifs is 1. The third-order valence-electron chi connectivity index (χ3n) is 3.58. The van der Waals surface area contributed by atoms with E-state index in [1.165, 1.54) is 5.56 Å². The van der Waals surface area contributed by atoms with Gasteiger partial charge in [-0.3, -0.25) is 0 Å². The summed E-state index contributed by atoms with van der Waals surface area (Å²) in [6, 6.07) is 11.9. The van der Waals surface area contributed by atoms with Crippen LogP contribution >= 0.6 is 34.2 Å². The van der Waals surface area contributed by atoms with Gasteiger partial charge in [-0.25, -0.2) is 0 Å². The highest BCUT2D eigenvalue weighted by atomic mass is 127. The molecule has 104 valence electrons. The maximum absolute atomic E-state index is 6.41. The van der Waals surface area contributed by atoms with Gasteiger partial charge in [-0.1, -0.05) is 23.7 Å². The second-order valence-corrected chi connectivity index (χ2v) is 6.56. The second-order valence-electron chi connectivity index (χ2n) is 4.96. The molecule has 2 aromatic carbocycles. The zero-order valence-electron chi connectivity index (χ0n) is 10.9. The van der Waals surface area contributed by atoms with Gasteiger partial charge in [0.25, 0.3) is 0 Å². The summed E-state index contributed by atoms with van der Waals surface area (Å²) >= 11 is 8.38. The van der Waals surface area contributed by atoms with Crippen molar-refractivity contribution in [2.24, 2.45) is 5.73 Å². The molecule has 4 heteroatoms. The van der Waals surface area contributed by atoms with Crippen molar-refractivity contribution in [2.45, 2.75) is 18.9 Å². The van der Waals surface area contributed by atoms with E-state index < -0.39 is 0 Å². The zero-order chi connectivity index (χ0) is 14.1. The van der Waals surface area contributed by atoms with E-state index in [0.717, 1.165) is 44.9 Å². The molecule has 0 amide bonds. The van der Waals surface area contributed by atoms with E-state index >= 15 is 0 Å². The number of halogens is 2. The standard InChI is InChI=1S/C16H15ClINO/c17-12-4-5-14(18)13(9-12)16(19)11-3-6-15-10(8-11)2-1-7-20-15/h3-6,8-9,16H,1-2,7,19H2. The van der Waals surface area contributed by atoms with Gasteiger partial charge in [0.1, 0.15) is 5.75 Å². The molecule has 0 radical (unpaired) electrons. The molecular formula is C16H15ClINO. The molecule has 20 heavy (non-hydrogen) atoms. The van der Waals surface area contributed by atoms with Crippen LogP contribution in [0.15, 0.2) is 36.4 Å². The fourth-order valence-electron chi connectivity index (χ4n) is 2.51. The molecule has 1 aliphatic rings. The van der Waals surface area contributed by atoms with Crippen molar-refractivity contribution in [1.29, 1.82) is 0 Å². The number of hydrogen-bond acceptors (Lipinski definition) is 2. The molecule has 0 aromatic heterocycles. The second kappa shape index (κ2) is 5.92. The van der Waals surface area contributed by atoms with E-state index in [4.69, 9.17) is 22.1 Å². The summed E-state index contributed by atoms with van der Waals surface area (Å²) in [7, 11) is 0. The predicted octanol–water partition coefficient (Wildman–Crippen LogP) is 4.32. The molecule has 0 saturated heterocycles. The molecule has 3 rings (SSSR count). The first-order valence-corrected chi connectivity index (χ1v) is 8.07. The van der Waals surface area contributed by atoms with Gasteiger partial charge in [-0.05, 0) is 76.4 Å². The molecule has 1 aliphatic heterocycles. The first kappa shape index (κ1) is 14.2. The minimum absolute atomic E-state index is 0.159. The summed E-state index contributed by atoms with van der Waals surface area (Å²) in [5.74, 6) is 0.994. The summed E-state index contributed by atoms with van der Waals surface area (Å²) in [6.07, 6.45) is 2.13. The molecule has 1 unspecified atom stereocenters. The molecule has 1 atom stereocenters. The zero-order valence-corrected chi connectivity index (χ0v) is 13.8. The van der Waals surface area contributed by atoms with Gasteiger partial charge >= 0.3 is 0 Å². The number of aryl methyl sites for hydroxylation is 1. The highest BCUT2D eigenvalue weighted by Gasteiger charge is 2.16. The van der Waals surface area contributed by atoms with Crippen LogP contribution in [-0.4, -0.2) is 6.61 Å². The Morgan fingerprint density at radius 3 is 2.90 bits per heavy atom. The van der Waals surface area contributed by atoms with Gasteiger partial charge in [0.15, 0.2) is 0 Å². The summed E-state index contributed by atoms with van der Waals surface area (Å²) in [5.41, 5.74) is 9.84. The molecule has 0 saturated carbocycles. The Hall–Kier alpha value is -0.780. The Balaban J connectivity index is 1.97. The number of benzene rings is 2. The van der Waals surface area contributed by atoms with Gasteiger partial charge < -0.3 is 10.5 Å². The topological polar surface area (TPSA) is 35.2 Å². The molecule has 0 bridgehead atoms. The summed E-state index contributed by atoms with van der Waals surface area (Å²) in [5, 5.41) is 0.720. The molecule has 1 heterocycles. The SMILES string of the molecule is NC(c1ccc2c(c1)CCCO2)c1cc(Cl)ccc1I. The summed E-state index contributed by atoms with van der Waals surface area (Å²) in [4.78, 5) is 0. The highest BCUT2D eigenvalue weighted by Crippen LogP contribution is 2.31. The fourth-order valence-corrected chi connectivity index (χ4v) is 3.36. The van der Waals surface area contributed by atoms with Gasteiger partial charge in [0, 0.05) is 8.59 Å². The van der Waals surface area contributed by atoms with Crippen LogP contribution in [0.1, 0.15) is 29.2 Å². The van der Waals surface area contributed by atoms with Crippen molar-refractivity contribution >= 4 is 34.2 Å². The van der Waals surface area contributed by atoms with Crippen LogP contribution in [-0.2, 0) is 6.42 Å². The summed E-state index contributed by atoms with van der Waals surface area (Å²) < 4.78 is 6.78. The first-order chi connectivity index (χ1) is 9.65. The van der Waals surface area contributed by atoms with Gasteiger partial charge in [-0.15, -0.1) is 0 Å². The van der Waals surface area contributed by atoms with E-state index in [1.807, 2.05) is 30.3 Å². The van der Waals surface area contributed by atoms with Gasteiger partial charge in [0.2, 0.25) is 0 Å². The molecule has 0 aliphatic carbocycles. The number of nitrogens with two attached hydrogens (primary N) is 1. The average Bonchev–Trinajstić information content (AvgIpc) is 2.48. The lowest BCUT2D eigenvalue weighted by molar-refractivity contribution is 0.288. The van der Waals surface area contributed by atoms with Crippen molar-refractivity contribution in [3.63, 3.8) is 0 Å². The van der Waals surface area contributed by atoms with E-state index in [0.29, 0.717) is 0 Å². The third-order valence-corrected chi connectivity index (χ3v) is 4.80. The number of rotatable bonds is 2. The molecule has 0 spiro atoms. The molecule has 2 N–H and O–H groups in total. The molecular weight excluding hydrogens is 385 g/mol. The summed E-state index contributed by atoms with van der Waals surface area (Å²) in [6.45, 7) is 0.810. The van der Waals surface area contributed by atoms with Crippen molar-refractivity contribution in [2.75, 3.05) is 6.61 Å². The lowest BCUT2D eigenvalue weighted by Crippen LogP contribution is -2.15. The van der Waals surface area contributed by atoms with Crippen molar-refractivity contribution in [3.05, 3.63) is 61.7 Å². The Bertz CT molecular complexity index is 644. The van der Waals surface area contributed by atoms with Crippen LogP contribution in [0.2, 0.25) is 5.02 Å². The molecule has 2 nitrogen and oxygen atoms in total. The van der Waals surface area contributed by atoms with Crippen LogP contribution in [0.25, 0.3) is 0 Å². The maximum Gasteiger partial charge on any atom is 0.122 e. The van der Waals surface area contributed by atoms with E-state index in [-0.39, 0.29) is 6.04 Å². The average molecular weight is 400 g/mol. The smallest absolute Gasteiger partial charge is 0.122 e. The quantitative estimate of drug-likeness (QED) is 0.764. The lowest BCUT2D eigenvalue weighted by atomic mass is 9.95. The fraction of sp³-hybridized carbons (Fsp3) is 0.250. The van der Waals surface area contributed by atoms with Crippen LogP contribution in [0.3, 0.4) is 0 Å². The number of ether oxygens (including phenoxy) is 1. The Morgan fingerprint density at radius 1 is 1.20 bits per heavy atom. The molecule has 2 aromatic rings. The Kier molecular flexibility index (Phi) is 4.19. The Labute approximate surface area is 137 Å².